The Bertz CT molecular complexity index is 353. The molecule has 0 spiro atoms. The van der Waals surface area contributed by atoms with Crippen LogP contribution in [-0.2, 0) is 4.74 Å². The molecule has 0 bridgehead atoms. The van der Waals surface area contributed by atoms with E-state index in [-0.39, 0.29) is 0 Å². The Kier molecular flexibility index (Phi) is 39.3. The summed E-state index contributed by atoms with van der Waals surface area (Å²) in [7, 11) is 1.90. The fourth-order valence-electron chi connectivity index (χ4n) is 1.68. The van der Waals surface area contributed by atoms with Crippen molar-refractivity contribution in [1.29, 1.82) is 0 Å². The van der Waals surface area contributed by atoms with Crippen LogP contribution in [0.5, 0.6) is 0 Å². The Labute approximate surface area is 170 Å². The molecule has 0 saturated carbocycles. The molecule has 0 saturated heterocycles. The van der Waals surface area contributed by atoms with Crippen molar-refractivity contribution in [2.75, 3.05) is 26.8 Å². The van der Waals surface area contributed by atoms with E-state index in [1.807, 2.05) is 76.7 Å². The second-order valence-electron chi connectivity index (χ2n) is 5.79. The second-order valence-corrected chi connectivity index (χ2v) is 5.79. The molecule has 0 aromatic carbocycles. The summed E-state index contributed by atoms with van der Waals surface area (Å²) < 4.78 is 5.02. The minimum Gasteiger partial charge on any atom is -0.394 e. The highest BCUT2D eigenvalue weighted by molar-refractivity contribution is 5.00. The molecule has 0 rings (SSSR count). The van der Waals surface area contributed by atoms with E-state index in [2.05, 4.69) is 24.1 Å². The van der Waals surface area contributed by atoms with Crippen LogP contribution in [0.15, 0.2) is 61.5 Å². The summed E-state index contributed by atoms with van der Waals surface area (Å²) in [5.41, 5.74) is 0. The number of hydrogen-bond acceptors (Lipinski definition) is 3. The standard InChI is InChI=1S/C13H26N2.C7H12O.C4H8/c1-3-4-5-6-7-8-12-15-13-10-9-11-14-2;1-3-5-7-8-6-4-2;1-3-4-2/h9-11,13-15H,3-8,12H2,1-2H3;3-5H,2,6-7H2,1H3;3-4H,1-2H3/b11-9+,13-10+;;. The molecule has 0 radical (unpaired) electrons. The highest BCUT2D eigenvalue weighted by atomic mass is 16.5. The molecule has 0 aliphatic heterocycles. The molecule has 0 aliphatic carbocycles. The number of nitrogens with one attached hydrogen (secondary N) is 2. The number of hydrogen-bond donors (Lipinski definition) is 2. The van der Waals surface area contributed by atoms with Gasteiger partial charge in [0.1, 0.15) is 0 Å². The lowest BCUT2D eigenvalue weighted by atomic mass is 10.1. The normalized spacial score (nSPS) is 10.7. The topological polar surface area (TPSA) is 33.3 Å². The minimum absolute atomic E-state index is 0.643. The lowest BCUT2D eigenvalue weighted by Crippen LogP contribution is -2.06. The van der Waals surface area contributed by atoms with E-state index < -0.39 is 0 Å². The van der Waals surface area contributed by atoms with Crippen molar-refractivity contribution in [3.63, 3.8) is 0 Å². The molecule has 158 valence electrons. The third-order valence-corrected chi connectivity index (χ3v) is 3.28. The highest BCUT2D eigenvalue weighted by Gasteiger charge is 1.87. The third-order valence-electron chi connectivity index (χ3n) is 3.28. The van der Waals surface area contributed by atoms with Crippen molar-refractivity contribution in [1.82, 2.24) is 10.6 Å². The Morgan fingerprint density at radius 1 is 0.815 bits per heavy atom. The van der Waals surface area contributed by atoms with Gasteiger partial charge in [0.2, 0.25) is 0 Å². The van der Waals surface area contributed by atoms with Crippen LogP contribution in [0.25, 0.3) is 0 Å². The van der Waals surface area contributed by atoms with Crippen molar-refractivity contribution in [2.45, 2.75) is 66.2 Å². The monoisotopic (exact) mass is 378 g/mol. The van der Waals surface area contributed by atoms with E-state index in [0.29, 0.717) is 13.2 Å². The van der Waals surface area contributed by atoms with Gasteiger partial charge in [0.15, 0.2) is 0 Å². The zero-order chi connectivity index (χ0) is 20.8. The first kappa shape index (κ1) is 30.0. The molecule has 0 heterocycles. The molecule has 27 heavy (non-hydrogen) atoms. The highest BCUT2D eigenvalue weighted by Crippen LogP contribution is 2.03. The van der Waals surface area contributed by atoms with Crippen LogP contribution < -0.4 is 10.6 Å². The van der Waals surface area contributed by atoms with Gasteiger partial charge in [0.25, 0.3) is 0 Å². The lowest BCUT2D eigenvalue weighted by molar-refractivity contribution is 0.194. The summed E-state index contributed by atoms with van der Waals surface area (Å²) >= 11 is 0. The van der Waals surface area contributed by atoms with E-state index in [1.54, 1.807) is 6.08 Å². The van der Waals surface area contributed by atoms with Gasteiger partial charge >= 0.3 is 0 Å². The summed E-state index contributed by atoms with van der Waals surface area (Å²) in [4.78, 5) is 0. The average Bonchev–Trinajstić information content (AvgIpc) is 2.70. The number of allylic oxidation sites excluding steroid dienone is 5. The van der Waals surface area contributed by atoms with Crippen molar-refractivity contribution in [3.05, 3.63) is 61.5 Å². The Hall–Kier alpha value is -1.74. The first-order chi connectivity index (χ1) is 13.2. The van der Waals surface area contributed by atoms with Gasteiger partial charge in [-0.1, -0.05) is 69.4 Å². The molecule has 0 aromatic heterocycles. The van der Waals surface area contributed by atoms with Crippen molar-refractivity contribution in [3.8, 4) is 0 Å². The molecule has 0 amide bonds. The summed E-state index contributed by atoms with van der Waals surface area (Å²) in [5, 5.41) is 6.21. The molecule has 0 unspecified atom stereocenters. The first-order valence-corrected chi connectivity index (χ1v) is 10.3. The van der Waals surface area contributed by atoms with Crippen molar-refractivity contribution in [2.24, 2.45) is 0 Å². The van der Waals surface area contributed by atoms with Crippen LogP contribution in [0.3, 0.4) is 0 Å². The van der Waals surface area contributed by atoms with Crippen LogP contribution in [0.1, 0.15) is 66.2 Å². The fourth-order valence-corrected chi connectivity index (χ4v) is 1.68. The van der Waals surface area contributed by atoms with Gasteiger partial charge in [-0.3, -0.25) is 0 Å². The number of ether oxygens (including phenoxy) is 1. The van der Waals surface area contributed by atoms with Gasteiger partial charge in [0, 0.05) is 13.6 Å². The Morgan fingerprint density at radius 2 is 1.44 bits per heavy atom. The van der Waals surface area contributed by atoms with Gasteiger partial charge in [0.05, 0.1) is 13.2 Å². The molecule has 0 fully saturated rings. The third kappa shape index (κ3) is 45.5. The van der Waals surface area contributed by atoms with Crippen LogP contribution in [0.4, 0.5) is 0 Å². The summed E-state index contributed by atoms with van der Waals surface area (Å²) in [5.74, 6) is 0. The maximum atomic E-state index is 5.02. The van der Waals surface area contributed by atoms with Crippen molar-refractivity contribution < 1.29 is 4.74 Å². The quantitative estimate of drug-likeness (QED) is 0.205. The van der Waals surface area contributed by atoms with E-state index in [1.165, 1.54) is 38.5 Å². The van der Waals surface area contributed by atoms with Crippen LogP contribution in [0.2, 0.25) is 0 Å². The molecule has 3 heteroatoms. The zero-order valence-electron chi connectivity index (χ0n) is 18.7. The van der Waals surface area contributed by atoms with Crippen LogP contribution in [-0.4, -0.2) is 26.8 Å². The number of rotatable bonds is 14. The van der Waals surface area contributed by atoms with Crippen molar-refractivity contribution >= 4 is 0 Å². The summed E-state index contributed by atoms with van der Waals surface area (Å²) in [6.45, 7) is 14.2. The van der Waals surface area contributed by atoms with Crippen LogP contribution >= 0.6 is 0 Å². The Balaban J connectivity index is -0.000000400. The summed E-state index contributed by atoms with van der Waals surface area (Å²) in [6.07, 6.45) is 25.7. The molecule has 0 aromatic rings. The Morgan fingerprint density at radius 3 is 2.00 bits per heavy atom. The van der Waals surface area contributed by atoms with Gasteiger partial charge in [-0.25, -0.2) is 0 Å². The molecular formula is C24H46N2O. The van der Waals surface area contributed by atoms with E-state index in [0.717, 1.165) is 6.54 Å². The molecule has 2 N–H and O–H groups in total. The smallest absolute Gasteiger partial charge is 0.0651 e. The molecule has 0 aliphatic rings. The predicted molar refractivity (Wildman–Crippen MR) is 125 cm³/mol. The van der Waals surface area contributed by atoms with E-state index in [9.17, 15) is 0 Å². The lowest BCUT2D eigenvalue weighted by Gasteiger charge is -2.00. The average molecular weight is 379 g/mol. The molecular weight excluding hydrogens is 332 g/mol. The van der Waals surface area contributed by atoms with Gasteiger partial charge < -0.3 is 15.4 Å². The zero-order valence-corrected chi connectivity index (χ0v) is 18.7. The van der Waals surface area contributed by atoms with E-state index in [4.69, 9.17) is 4.74 Å². The van der Waals surface area contributed by atoms with Crippen LogP contribution in [0, 0.1) is 0 Å². The summed E-state index contributed by atoms with van der Waals surface area (Å²) in [6, 6.07) is 0. The second kappa shape index (κ2) is 35.4. The fraction of sp³-hybridized carbons (Fsp3) is 0.583. The first-order valence-electron chi connectivity index (χ1n) is 10.3. The van der Waals surface area contributed by atoms with E-state index >= 15 is 0 Å². The number of unbranched alkanes of at least 4 members (excludes halogenated alkanes) is 5. The molecule has 0 atom stereocenters. The largest absolute Gasteiger partial charge is 0.394 e. The van der Waals surface area contributed by atoms with Gasteiger partial charge in [-0.05, 0) is 51.7 Å². The maximum absolute atomic E-state index is 5.02. The van der Waals surface area contributed by atoms with Gasteiger partial charge in [-0.2, -0.15) is 0 Å². The molecule has 3 nitrogen and oxygen atoms in total. The SMILES string of the molecule is C=CCOCC=CC.CC=CC.CCCCCCCCN/C=C/C=C/NC. The minimum atomic E-state index is 0.643. The van der Waals surface area contributed by atoms with Gasteiger partial charge in [-0.15, -0.1) is 6.58 Å². The maximum Gasteiger partial charge on any atom is 0.0651 e. The predicted octanol–water partition coefficient (Wildman–Crippen LogP) is 6.53.